The highest BCUT2D eigenvalue weighted by Crippen LogP contribution is 2.34. The Kier molecular flexibility index (Phi) is 4.51. The molecule has 1 heterocycles. The van der Waals surface area contributed by atoms with Crippen molar-refractivity contribution in [2.75, 3.05) is 18.7 Å². The van der Waals surface area contributed by atoms with Crippen molar-refractivity contribution >= 4 is 17.5 Å². The lowest BCUT2D eigenvalue weighted by Gasteiger charge is -2.07. The van der Waals surface area contributed by atoms with Gasteiger partial charge in [-0.05, 0) is 36.2 Å². The molecule has 0 unspecified atom stereocenters. The normalized spacial score (nSPS) is 11.8. The van der Waals surface area contributed by atoms with E-state index in [1.807, 2.05) is 0 Å². The minimum Gasteiger partial charge on any atom is -0.508 e. The molecule has 0 aliphatic carbocycles. The third-order valence-electron chi connectivity index (χ3n) is 3.47. The van der Waals surface area contributed by atoms with E-state index in [2.05, 4.69) is 10.6 Å². The second kappa shape index (κ2) is 6.91. The first-order chi connectivity index (χ1) is 11.6. The van der Waals surface area contributed by atoms with Crippen LogP contribution in [0.1, 0.15) is 5.56 Å². The molecule has 0 radical (unpaired) electrons. The van der Waals surface area contributed by atoms with Crippen LogP contribution in [0.2, 0.25) is 0 Å². The summed E-state index contributed by atoms with van der Waals surface area (Å²) in [7, 11) is 0. The standard InChI is InChI=1S/C17H16N2O5/c20-13-4-1-11(2-5-13)7-8-18-16(21)17(22)19-12-3-6-14-15(9-12)24-10-23-14/h1-6,9,20H,7-8,10H2,(H,18,21)(H,19,22). The lowest BCUT2D eigenvalue weighted by Crippen LogP contribution is -2.36. The molecule has 1 aliphatic rings. The van der Waals surface area contributed by atoms with E-state index < -0.39 is 11.8 Å². The van der Waals surface area contributed by atoms with Gasteiger partial charge in [0.2, 0.25) is 6.79 Å². The van der Waals surface area contributed by atoms with Crippen molar-refractivity contribution in [2.45, 2.75) is 6.42 Å². The van der Waals surface area contributed by atoms with Gasteiger partial charge in [-0.25, -0.2) is 0 Å². The summed E-state index contributed by atoms with van der Waals surface area (Å²) >= 11 is 0. The van der Waals surface area contributed by atoms with Crippen LogP contribution >= 0.6 is 0 Å². The number of nitrogens with one attached hydrogen (secondary N) is 2. The molecule has 0 aromatic heterocycles. The number of carbonyl (C=O) groups is 2. The van der Waals surface area contributed by atoms with Crippen molar-refractivity contribution in [3.63, 3.8) is 0 Å². The molecule has 2 amide bonds. The molecule has 0 saturated carbocycles. The number of anilines is 1. The molecule has 3 rings (SSSR count). The van der Waals surface area contributed by atoms with E-state index in [-0.39, 0.29) is 12.5 Å². The molecule has 2 aromatic carbocycles. The quantitative estimate of drug-likeness (QED) is 0.738. The molecule has 3 N–H and O–H groups in total. The fourth-order valence-electron chi connectivity index (χ4n) is 2.23. The summed E-state index contributed by atoms with van der Waals surface area (Å²) in [5.41, 5.74) is 1.40. The summed E-state index contributed by atoms with van der Waals surface area (Å²) in [6, 6.07) is 11.6. The number of hydrogen-bond donors (Lipinski definition) is 3. The zero-order valence-corrected chi connectivity index (χ0v) is 12.7. The lowest BCUT2D eigenvalue weighted by atomic mass is 10.1. The maximum atomic E-state index is 11.9. The number of hydrogen-bond acceptors (Lipinski definition) is 5. The Hall–Kier alpha value is -3.22. The van der Waals surface area contributed by atoms with Gasteiger partial charge in [-0.2, -0.15) is 0 Å². The van der Waals surface area contributed by atoms with Gasteiger partial charge in [-0.1, -0.05) is 12.1 Å². The largest absolute Gasteiger partial charge is 0.508 e. The molecule has 2 aromatic rings. The van der Waals surface area contributed by atoms with Crippen LogP contribution in [0.4, 0.5) is 5.69 Å². The molecule has 7 heteroatoms. The third-order valence-corrected chi connectivity index (χ3v) is 3.47. The first kappa shape index (κ1) is 15.7. The van der Waals surface area contributed by atoms with Crippen molar-refractivity contribution in [1.82, 2.24) is 5.32 Å². The van der Waals surface area contributed by atoms with Crippen LogP contribution in [-0.2, 0) is 16.0 Å². The first-order valence-electron chi connectivity index (χ1n) is 7.38. The van der Waals surface area contributed by atoms with Gasteiger partial charge in [0.05, 0.1) is 0 Å². The third kappa shape index (κ3) is 3.75. The van der Waals surface area contributed by atoms with Gasteiger partial charge in [-0.15, -0.1) is 0 Å². The highest BCUT2D eigenvalue weighted by Gasteiger charge is 2.17. The molecule has 0 atom stereocenters. The van der Waals surface area contributed by atoms with Crippen LogP contribution in [-0.4, -0.2) is 30.3 Å². The summed E-state index contributed by atoms with van der Waals surface area (Å²) in [5.74, 6) is -0.149. The van der Waals surface area contributed by atoms with Crippen LogP contribution in [0.25, 0.3) is 0 Å². The SMILES string of the molecule is O=C(NCCc1ccc(O)cc1)C(=O)Nc1ccc2c(c1)OCO2. The maximum Gasteiger partial charge on any atom is 0.313 e. The predicted octanol–water partition coefficient (Wildman–Crippen LogP) is 1.42. The van der Waals surface area contributed by atoms with E-state index in [1.165, 1.54) is 0 Å². The van der Waals surface area contributed by atoms with Crippen molar-refractivity contribution < 1.29 is 24.2 Å². The minimum atomic E-state index is -0.750. The van der Waals surface area contributed by atoms with Crippen LogP contribution in [0.15, 0.2) is 42.5 Å². The van der Waals surface area contributed by atoms with Gasteiger partial charge in [0, 0.05) is 18.3 Å². The van der Waals surface area contributed by atoms with Gasteiger partial charge in [0.25, 0.3) is 0 Å². The van der Waals surface area contributed by atoms with E-state index in [9.17, 15) is 14.7 Å². The van der Waals surface area contributed by atoms with E-state index >= 15 is 0 Å². The number of ether oxygens (including phenoxy) is 2. The van der Waals surface area contributed by atoms with Gasteiger partial charge in [0.1, 0.15) is 5.75 Å². The molecule has 0 saturated heterocycles. The molecular weight excluding hydrogens is 312 g/mol. The monoisotopic (exact) mass is 328 g/mol. The second-order valence-electron chi connectivity index (χ2n) is 5.19. The topological polar surface area (TPSA) is 96.9 Å². The van der Waals surface area contributed by atoms with Crippen molar-refractivity contribution in [3.05, 3.63) is 48.0 Å². The smallest absolute Gasteiger partial charge is 0.313 e. The number of fused-ring (bicyclic) bond motifs is 1. The number of phenols is 1. The van der Waals surface area contributed by atoms with Crippen molar-refractivity contribution in [3.8, 4) is 17.2 Å². The highest BCUT2D eigenvalue weighted by molar-refractivity contribution is 6.39. The highest BCUT2D eigenvalue weighted by atomic mass is 16.7. The Bertz CT molecular complexity index is 758. The van der Waals surface area contributed by atoms with Gasteiger partial charge >= 0.3 is 11.8 Å². The van der Waals surface area contributed by atoms with Crippen LogP contribution in [0.3, 0.4) is 0 Å². The molecule has 0 bridgehead atoms. The van der Waals surface area contributed by atoms with Gasteiger partial charge in [0.15, 0.2) is 11.5 Å². The molecule has 0 spiro atoms. The molecule has 1 aliphatic heterocycles. The van der Waals surface area contributed by atoms with Crippen LogP contribution in [0.5, 0.6) is 17.2 Å². The molecular formula is C17H16N2O5. The number of rotatable bonds is 4. The Morgan fingerprint density at radius 3 is 2.54 bits per heavy atom. The zero-order chi connectivity index (χ0) is 16.9. The van der Waals surface area contributed by atoms with Crippen LogP contribution in [0, 0.1) is 0 Å². The first-order valence-corrected chi connectivity index (χ1v) is 7.38. The minimum absolute atomic E-state index is 0.143. The molecule has 7 nitrogen and oxygen atoms in total. The van der Waals surface area contributed by atoms with E-state index in [0.29, 0.717) is 30.2 Å². The van der Waals surface area contributed by atoms with E-state index in [0.717, 1.165) is 5.56 Å². The Labute approximate surface area is 138 Å². The number of aromatic hydroxyl groups is 1. The summed E-state index contributed by atoms with van der Waals surface area (Å²) < 4.78 is 10.4. The zero-order valence-electron chi connectivity index (χ0n) is 12.7. The molecule has 124 valence electrons. The van der Waals surface area contributed by atoms with E-state index in [1.54, 1.807) is 42.5 Å². The Morgan fingerprint density at radius 2 is 1.75 bits per heavy atom. The Morgan fingerprint density at radius 1 is 1.00 bits per heavy atom. The second-order valence-corrected chi connectivity index (χ2v) is 5.19. The average Bonchev–Trinajstić information content (AvgIpc) is 3.04. The predicted molar refractivity (Wildman–Crippen MR) is 86.0 cm³/mol. The fraction of sp³-hybridized carbons (Fsp3) is 0.176. The summed E-state index contributed by atoms with van der Waals surface area (Å²) in [4.78, 5) is 23.7. The summed E-state index contributed by atoms with van der Waals surface area (Å²) in [5, 5.41) is 14.3. The van der Waals surface area contributed by atoms with E-state index in [4.69, 9.17) is 9.47 Å². The number of benzene rings is 2. The van der Waals surface area contributed by atoms with Crippen LogP contribution < -0.4 is 20.1 Å². The summed E-state index contributed by atoms with van der Waals surface area (Å²) in [6.45, 7) is 0.461. The van der Waals surface area contributed by atoms with Gasteiger partial charge < -0.3 is 25.2 Å². The molecule has 24 heavy (non-hydrogen) atoms. The average molecular weight is 328 g/mol. The maximum absolute atomic E-state index is 11.9. The molecule has 0 fully saturated rings. The van der Waals surface area contributed by atoms with Crippen molar-refractivity contribution in [1.29, 1.82) is 0 Å². The summed E-state index contributed by atoms with van der Waals surface area (Å²) in [6.07, 6.45) is 0.559. The lowest BCUT2D eigenvalue weighted by molar-refractivity contribution is -0.136. The van der Waals surface area contributed by atoms with Gasteiger partial charge in [-0.3, -0.25) is 9.59 Å². The Balaban J connectivity index is 1.48. The number of carbonyl (C=O) groups excluding carboxylic acids is 2. The number of amides is 2. The number of phenolic OH excluding ortho intramolecular Hbond substituents is 1. The van der Waals surface area contributed by atoms with Crippen molar-refractivity contribution in [2.24, 2.45) is 0 Å². The fourth-order valence-corrected chi connectivity index (χ4v) is 2.23.